The summed E-state index contributed by atoms with van der Waals surface area (Å²) in [5.74, 6) is 1.10. The van der Waals surface area contributed by atoms with Crippen molar-refractivity contribution in [1.82, 2.24) is 5.32 Å². The Hall–Kier alpha value is -1.57. The molecule has 0 saturated heterocycles. The van der Waals surface area contributed by atoms with Gasteiger partial charge in [-0.1, -0.05) is 18.6 Å². The molecular formula is C16H22N2O2. The molecule has 2 N–H and O–H groups in total. The van der Waals surface area contributed by atoms with Crippen LogP contribution in [0.2, 0.25) is 0 Å². The number of nitrogens with zero attached hydrogens (tertiary/aromatic N) is 1. The Morgan fingerprint density at radius 2 is 2.15 bits per heavy atom. The average molecular weight is 274 g/mol. The molecule has 108 valence electrons. The zero-order valence-corrected chi connectivity index (χ0v) is 11.9. The lowest BCUT2D eigenvalue weighted by molar-refractivity contribution is 0.200. The van der Waals surface area contributed by atoms with Gasteiger partial charge in [0.05, 0.1) is 0 Å². The van der Waals surface area contributed by atoms with Crippen molar-refractivity contribution in [1.29, 1.82) is 5.26 Å². The normalized spacial score (nSPS) is 23.2. The molecule has 3 unspecified atom stereocenters. The third-order valence-electron chi connectivity index (χ3n) is 4.04. The van der Waals surface area contributed by atoms with E-state index in [1.54, 1.807) is 0 Å². The van der Waals surface area contributed by atoms with Crippen LogP contribution in [-0.4, -0.2) is 24.4 Å². The number of ether oxygens (including phenoxy) is 1. The van der Waals surface area contributed by atoms with Crippen molar-refractivity contribution in [2.24, 2.45) is 5.92 Å². The molecule has 0 spiro atoms. The number of hydrogen-bond donors (Lipinski definition) is 2. The van der Waals surface area contributed by atoms with Gasteiger partial charge in [-0.15, -0.1) is 0 Å². The minimum atomic E-state index is 0.0768. The Morgan fingerprint density at radius 1 is 1.40 bits per heavy atom. The third-order valence-corrected chi connectivity index (χ3v) is 4.04. The lowest BCUT2D eigenvalue weighted by atomic mass is 10.0. The molecular weight excluding hydrogens is 252 g/mol. The summed E-state index contributed by atoms with van der Waals surface area (Å²) < 4.78 is 5.24. The number of benzene rings is 1. The maximum atomic E-state index is 9.36. The molecule has 4 nitrogen and oxygen atoms in total. The predicted octanol–water partition coefficient (Wildman–Crippen LogP) is 2.40. The highest BCUT2D eigenvalue weighted by molar-refractivity contribution is 5.29. The van der Waals surface area contributed by atoms with Crippen LogP contribution in [0.5, 0.6) is 5.75 Å². The zero-order valence-electron chi connectivity index (χ0n) is 11.9. The molecule has 1 aliphatic rings. The van der Waals surface area contributed by atoms with E-state index in [9.17, 15) is 5.11 Å². The quantitative estimate of drug-likeness (QED) is 0.836. The van der Waals surface area contributed by atoms with Crippen molar-refractivity contribution in [3.05, 3.63) is 29.8 Å². The molecule has 0 bridgehead atoms. The van der Waals surface area contributed by atoms with Gasteiger partial charge in [0.15, 0.2) is 6.61 Å². The summed E-state index contributed by atoms with van der Waals surface area (Å²) in [5, 5.41) is 21.4. The third kappa shape index (κ3) is 3.72. The highest BCUT2D eigenvalue weighted by Crippen LogP contribution is 2.28. The molecule has 2 rings (SSSR count). The fourth-order valence-electron chi connectivity index (χ4n) is 2.86. The lowest BCUT2D eigenvalue weighted by Crippen LogP contribution is -2.35. The first kappa shape index (κ1) is 14.8. The summed E-state index contributed by atoms with van der Waals surface area (Å²) in [4.78, 5) is 0. The Kier molecular flexibility index (Phi) is 5.40. The molecule has 0 amide bonds. The van der Waals surface area contributed by atoms with Crippen molar-refractivity contribution < 1.29 is 9.84 Å². The SMILES string of the molecule is CC(NC1CCCC1CO)c1ccc(OCC#N)cc1. The van der Waals surface area contributed by atoms with Gasteiger partial charge in [-0.25, -0.2) is 0 Å². The van der Waals surface area contributed by atoms with Crippen LogP contribution in [0.25, 0.3) is 0 Å². The fourth-order valence-corrected chi connectivity index (χ4v) is 2.86. The molecule has 0 radical (unpaired) electrons. The smallest absolute Gasteiger partial charge is 0.174 e. The molecule has 0 heterocycles. The van der Waals surface area contributed by atoms with Crippen molar-refractivity contribution in [2.45, 2.75) is 38.3 Å². The summed E-state index contributed by atoms with van der Waals surface area (Å²) in [7, 11) is 0. The Morgan fingerprint density at radius 3 is 2.80 bits per heavy atom. The molecule has 1 fully saturated rings. The van der Waals surface area contributed by atoms with Crippen LogP contribution in [0.1, 0.15) is 37.8 Å². The molecule has 3 atom stereocenters. The molecule has 1 aromatic carbocycles. The average Bonchev–Trinajstić information content (AvgIpc) is 2.92. The van der Waals surface area contributed by atoms with Crippen LogP contribution < -0.4 is 10.1 Å². The van der Waals surface area contributed by atoms with Crippen molar-refractivity contribution in [2.75, 3.05) is 13.2 Å². The first-order valence-electron chi connectivity index (χ1n) is 7.21. The molecule has 1 saturated carbocycles. The molecule has 4 heteroatoms. The summed E-state index contributed by atoms with van der Waals surface area (Å²) in [6, 6.07) is 10.4. The van der Waals surface area contributed by atoms with Crippen LogP contribution in [0.15, 0.2) is 24.3 Å². The first-order chi connectivity index (χ1) is 9.74. The van der Waals surface area contributed by atoms with Crippen molar-refractivity contribution in [3.63, 3.8) is 0 Å². The standard InChI is InChI=1S/C16H22N2O2/c1-12(18-16-4-2-3-14(16)11-19)13-5-7-15(8-6-13)20-10-9-17/h5-8,12,14,16,18-19H,2-4,10-11H2,1H3. The monoisotopic (exact) mass is 274 g/mol. The van der Waals surface area contributed by atoms with E-state index in [0.717, 1.165) is 18.6 Å². The van der Waals surface area contributed by atoms with E-state index in [1.807, 2.05) is 30.3 Å². The highest BCUT2D eigenvalue weighted by atomic mass is 16.5. The molecule has 20 heavy (non-hydrogen) atoms. The van der Waals surface area contributed by atoms with E-state index in [0.29, 0.717) is 12.0 Å². The summed E-state index contributed by atoms with van der Waals surface area (Å²) in [6.07, 6.45) is 3.44. The van der Waals surface area contributed by atoms with E-state index in [4.69, 9.17) is 10.00 Å². The number of hydrogen-bond acceptors (Lipinski definition) is 4. The topological polar surface area (TPSA) is 65.3 Å². The molecule has 0 aromatic heterocycles. The zero-order chi connectivity index (χ0) is 14.4. The van der Waals surface area contributed by atoms with Crippen LogP contribution in [0, 0.1) is 17.2 Å². The van der Waals surface area contributed by atoms with Crippen molar-refractivity contribution in [3.8, 4) is 11.8 Å². The second-order valence-electron chi connectivity index (χ2n) is 5.38. The Bertz CT molecular complexity index is 453. The summed E-state index contributed by atoms with van der Waals surface area (Å²) in [5.41, 5.74) is 1.19. The maximum Gasteiger partial charge on any atom is 0.174 e. The van der Waals surface area contributed by atoms with Crippen LogP contribution in [0.4, 0.5) is 0 Å². The van der Waals surface area contributed by atoms with E-state index in [1.165, 1.54) is 12.0 Å². The molecule has 0 aliphatic heterocycles. The Labute approximate surface area is 120 Å². The van der Waals surface area contributed by atoms with Gasteiger partial charge in [-0.2, -0.15) is 5.26 Å². The fraction of sp³-hybridized carbons (Fsp3) is 0.562. The van der Waals surface area contributed by atoms with Gasteiger partial charge >= 0.3 is 0 Å². The van der Waals surface area contributed by atoms with E-state index < -0.39 is 0 Å². The molecule has 1 aliphatic carbocycles. The number of aliphatic hydroxyl groups excluding tert-OH is 1. The predicted molar refractivity (Wildman–Crippen MR) is 77.3 cm³/mol. The minimum absolute atomic E-state index is 0.0768. The number of nitrogens with one attached hydrogen (secondary N) is 1. The van der Waals surface area contributed by atoms with Gasteiger partial charge in [0.25, 0.3) is 0 Å². The molecule has 1 aromatic rings. The maximum absolute atomic E-state index is 9.36. The largest absolute Gasteiger partial charge is 0.479 e. The minimum Gasteiger partial charge on any atom is -0.479 e. The van der Waals surface area contributed by atoms with Crippen LogP contribution >= 0.6 is 0 Å². The van der Waals surface area contributed by atoms with E-state index in [-0.39, 0.29) is 19.3 Å². The summed E-state index contributed by atoms with van der Waals surface area (Å²) >= 11 is 0. The second-order valence-corrected chi connectivity index (χ2v) is 5.38. The van der Waals surface area contributed by atoms with Gasteiger partial charge in [0.1, 0.15) is 11.8 Å². The van der Waals surface area contributed by atoms with Crippen molar-refractivity contribution >= 4 is 0 Å². The van der Waals surface area contributed by atoms with E-state index >= 15 is 0 Å². The Balaban J connectivity index is 1.92. The van der Waals surface area contributed by atoms with Gasteiger partial charge < -0.3 is 15.2 Å². The van der Waals surface area contributed by atoms with Gasteiger partial charge in [0.2, 0.25) is 0 Å². The lowest BCUT2D eigenvalue weighted by Gasteiger charge is -2.24. The van der Waals surface area contributed by atoms with Crippen LogP contribution in [0.3, 0.4) is 0 Å². The van der Waals surface area contributed by atoms with Gasteiger partial charge in [-0.05, 0) is 43.4 Å². The van der Waals surface area contributed by atoms with E-state index in [2.05, 4.69) is 12.2 Å². The number of aliphatic hydroxyl groups is 1. The highest BCUT2D eigenvalue weighted by Gasteiger charge is 2.27. The second kappa shape index (κ2) is 7.28. The summed E-state index contributed by atoms with van der Waals surface area (Å²) in [6.45, 7) is 2.48. The number of rotatable bonds is 6. The van der Waals surface area contributed by atoms with Gasteiger partial charge in [-0.3, -0.25) is 0 Å². The van der Waals surface area contributed by atoms with Crippen LogP contribution in [-0.2, 0) is 0 Å². The number of nitriles is 1. The first-order valence-corrected chi connectivity index (χ1v) is 7.21. The van der Waals surface area contributed by atoms with Gasteiger partial charge in [0, 0.05) is 18.7 Å².